The zero-order chi connectivity index (χ0) is 33.1. The smallest absolute Gasteiger partial charge is 0.356 e. The highest BCUT2D eigenvalue weighted by Gasteiger charge is 2.31. The van der Waals surface area contributed by atoms with Crippen LogP contribution in [0, 0.1) is 0 Å². The number of unbranched alkanes of at least 4 members (excludes halogenated alkanes) is 2. The Kier molecular flexibility index (Phi) is 12.2. The summed E-state index contributed by atoms with van der Waals surface area (Å²) in [5, 5.41) is 8.69. The number of hydrogen-bond donors (Lipinski definition) is 3. The number of aromatic nitrogens is 1. The minimum Gasteiger partial charge on any atom is -0.356 e. The highest BCUT2D eigenvalue weighted by molar-refractivity contribution is 6.02. The van der Waals surface area contributed by atoms with E-state index in [9.17, 15) is 27.6 Å². The van der Waals surface area contributed by atoms with Gasteiger partial charge in [-0.3, -0.25) is 14.5 Å². The highest BCUT2D eigenvalue weighted by Crippen LogP contribution is 2.36. The third-order valence-corrected chi connectivity index (χ3v) is 8.05. The van der Waals surface area contributed by atoms with Gasteiger partial charge in [0.15, 0.2) is 0 Å². The number of alkyl halides is 3. The molecule has 4 amide bonds. The third kappa shape index (κ3) is 9.79. The van der Waals surface area contributed by atoms with E-state index >= 15 is 0 Å². The molecule has 246 valence electrons. The number of nitrogens with zero attached hydrogens (tertiary/aromatic N) is 2. The van der Waals surface area contributed by atoms with Crippen molar-refractivity contribution in [3.63, 3.8) is 0 Å². The Labute approximate surface area is 268 Å². The molecule has 8 nitrogen and oxygen atoms in total. The van der Waals surface area contributed by atoms with Crippen LogP contribution in [-0.4, -0.2) is 35.9 Å². The summed E-state index contributed by atoms with van der Waals surface area (Å²) >= 11 is 0. The number of hydrogen-bond acceptors (Lipinski definition) is 4. The van der Waals surface area contributed by atoms with Crippen molar-refractivity contribution >= 4 is 29.4 Å². The summed E-state index contributed by atoms with van der Waals surface area (Å²) in [6, 6.07) is 15.4. The second-order valence-electron chi connectivity index (χ2n) is 11.7. The number of nitrogens with one attached hydrogen (secondary N) is 3. The lowest BCUT2D eigenvalue weighted by molar-refractivity contribution is -0.137. The van der Waals surface area contributed by atoms with E-state index in [0.717, 1.165) is 55.4 Å². The number of rotatable bonds is 12. The first-order chi connectivity index (χ1) is 22.0. The van der Waals surface area contributed by atoms with Gasteiger partial charge in [0, 0.05) is 43.7 Å². The van der Waals surface area contributed by atoms with E-state index < -0.39 is 11.7 Å². The number of urea groups is 1. The number of halogens is 3. The normalized spacial score (nSPS) is 14.6. The standard InChI is InChI=1S/C35H42F3N5O3/c1-3-4-12-31(44)39-20-6-5-13-32(45)40-23-25-14-16-28(17-15-25)41-34(46)43-21-8-9-24(2)29-18-19-30(42-33(29)43)26-10-7-11-27(22-26)35(36,37)38/h7,10-11,14-19,22,24H,3-6,8-9,12-13,20-21,23H2,1-2H3,(H,39,44)(H,40,45)(H,41,46)/t24-/m0/s1. The van der Waals surface area contributed by atoms with E-state index in [1.165, 1.54) is 6.07 Å². The van der Waals surface area contributed by atoms with Gasteiger partial charge in [0.25, 0.3) is 0 Å². The van der Waals surface area contributed by atoms with Crippen molar-refractivity contribution in [1.29, 1.82) is 0 Å². The number of pyridine rings is 1. The number of benzene rings is 2. The van der Waals surface area contributed by atoms with Crippen molar-refractivity contribution in [3.05, 3.63) is 77.4 Å². The van der Waals surface area contributed by atoms with E-state index in [0.29, 0.717) is 61.7 Å². The average Bonchev–Trinajstić information content (AvgIpc) is 3.21. The van der Waals surface area contributed by atoms with Crippen LogP contribution in [0.25, 0.3) is 11.3 Å². The van der Waals surface area contributed by atoms with E-state index in [1.54, 1.807) is 29.2 Å². The SMILES string of the molecule is CCCCC(=O)NCCCCC(=O)NCc1ccc(NC(=O)N2CCC[C@H](C)c3ccc(-c4cccc(C(F)(F)F)c4)nc32)cc1. The van der Waals surface area contributed by atoms with Gasteiger partial charge >= 0.3 is 12.2 Å². The van der Waals surface area contributed by atoms with Crippen LogP contribution in [0.15, 0.2) is 60.7 Å². The van der Waals surface area contributed by atoms with Crippen molar-refractivity contribution in [3.8, 4) is 11.3 Å². The predicted octanol–water partition coefficient (Wildman–Crippen LogP) is 7.80. The van der Waals surface area contributed by atoms with Gasteiger partial charge in [-0.25, -0.2) is 9.78 Å². The Hall–Kier alpha value is -4.41. The second-order valence-corrected chi connectivity index (χ2v) is 11.7. The molecule has 0 saturated heterocycles. The molecule has 46 heavy (non-hydrogen) atoms. The number of fused-ring (bicyclic) bond motifs is 1. The maximum Gasteiger partial charge on any atom is 0.416 e. The lowest BCUT2D eigenvalue weighted by Crippen LogP contribution is -2.36. The lowest BCUT2D eigenvalue weighted by Gasteiger charge is -2.23. The Morgan fingerprint density at radius 2 is 1.67 bits per heavy atom. The summed E-state index contributed by atoms with van der Waals surface area (Å²) in [5.74, 6) is 0.551. The molecular formula is C35H42F3N5O3. The Bertz CT molecular complexity index is 1490. The largest absolute Gasteiger partial charge is 0.416 e. The van der Waals surface area contributed by atoms with Gasteiger partial charge in [-0.05, 0) is 79.5 Å². The topological polar surface area (TPSA) is 103 Å². The van der Waals surface area contributed by atoms with Crippen LogP contribution in [0.2, 0.25) is 0 Å². The fraction of sp³-hybridized carbons (Fsp3) is 0.429. The molecular weight excluding hydrogens is 595 g/mol. The van der Waals surface area contributed by atoms with E-state index in [1.807, 2.05) is 25.1 Å². The molecule has 1 aliphatic rings. The fourth-order valence-corrected chi connectivity index (χ4v) is 5.34. The highest BCUT2D eigenvalue weighted by atomic mass is 19.4. The van der Waals surface area contributed by atoms with Crippen molar-refractivity contribution < 1.29 is 27.6 Å². The fourth-order valence-electron chi connectivity index (χ4n) is 5.34. The molecule has 3 aromatic rings. The first-order valence-corrected chi connectivity index (χ1v) is 15.9. The van der Waals surface area contributed by atoms with E-state index in [-0.39, 0.29) is 23.8 Å². The quantitative estimate of drug-likeness (QED) is 0.176. The predicted molar refractivity (Wildman–Crippen MR) is 173 cm³/mol. The number of amides is 4. The molecule has 0 unspecified atom stereocenters. The molecule has 2 heterocycles. The molecule has 0 saturated carbocycles. The van der Waals surface area contributed by atoms with Gasteiger partial charge in [-0.2, -0.15) is 13.2 Å². The van der Waals surface area contributed by atoms with Crippen LogP contribution in [0.3, 0.4) is 0 Å². The van der Waals surface area contributed by atoms with Gasteiger partial charge in [0.05, 0.1) is 11.3 Å². The minimum absolute atomic E-state index is 0.0524. The number of carbonyl (C=O) groups excluding carboxylic acids is 3. The van der Waals surface area contributed by atoms with Gasteiger partial charge in [-0.15, -0.1) is 0 Å². The van der Waals surface area contributed by atoms with Crippen molar-refractivity contribution in [1.82, 2.24) is 15.6 Å². The first kappa shape index (κ1) is 34.5. The summed E-state index contributed by atoms with van der Waals surface area (Å²) in [6.45, 7) is 5.43. The minimum atomic E-state index is -4.47. The zero-order valence-corrected chi connectivity index (χ0v) is 26.4. The van der Waals surface area contributed by atoms with Gasteiger partial charge in [0.2, 0.25) is 11.8 Å². The summed E-state index contributed by atoms with van der Waals surface area (Å²) < 4.78 is 40.0. The molecule has 0 fully saturated rings. The number of anilines is 2. The number of carbonyl (C=O) groups is 3. The van der Waals surface area contributed by atoms with E-state index in [2.05, 4.69) is 22.9 Å². The molecule has 0 bridgehead atoms. The van der Waals surface area contributed by atoms with Gasteiger partial charge in [0.1, 0.15) is 5.82 Å². The average molecular weight is 638 g/mol. The molecule has 1 aliphatic heterocycles. The van der Waals surface area contributed by atoms with Crippen LogP contribution in [0.4, 0.5) is 29.5 Å². The monoisotopic (exact) mass is 637 g/mol. The van der Waals surface area contributed by atoms with Crippen LogP contribution in [-0.2, 0) is 22.3 Å². The lowest BCUT2D eigenvalue weighted by atomic mass is 9.97. The molecule has 1 aromatic heterocycles. The molecule has 0 radical (unpaired) electrons. The van der Waals surface area contributed by atoms with Crippen LogP contribution in [0.1, 0.15) is 87.8 Å². The Balaban J connectivity index is 1.33. The van der Waals surface area contributed by atoms with Crippen molar-refractivity contribution in [2.75, 3.05) is 23.3 Å². The molecule has 0 aliphatic carbocycles. The van der Waals surface area contributed by atoms with Gasteiger partial charge < -0.3 is 16.0 Å². The molecule has 1 atom stereocenters. The van der Waals surface area contributed by atoms with Crippen molar-refractivity contribution in [2.45, 2.75) is 83.9 Å². The van der Waals surface area contributed by atoms with Crippen LogP contribution >= 0.6 is 0 Å². The Morgan fingerprint density at radius 3 is 2.41 bits per heavy atom. The maximum absolute atomic E-state index is 13.5. The van der Waals surface area contributed by atoms with Crippen molar-refractivity contribution in [2.24, 2.45) is 0 Å². The summed E-state index contributed by atoms with van der Waals surface area (Å²) in [6.07, 6.45) is 1.30. The zero-order valence-electron chi connectivity index (χ0n) is 26.4. The molecule has 2 aromatic carbocycles. The third-order valence-electron chi connectivity index (χ3n) is 8.05. The van der Waals surface area contributed by atoms with Crippen LogP contribution < -0.4 is 20.9 Å². The maximum atomic E-state index is 13.5. The molecule has 0 spiro atoms. The summed E-state index contributed by atoms with van der Waals surface area (Å²) in [7, 11) is 0. The van der Waals surface area contributed by atoms with Gasteiger partial charge in [-0.1, -0.05) is 50.6 Å². The Morgan fingerprint density at radius 1 is 0.935 bits per heavy atom. The van der Waals surface area contributed by atoms with Crippen LogP contribution in [0.5, 0.6) is 0 Å². The van der Waals surface area contributed by atoms with E-state index in [4.69, 9.17) is 4.98 Å². The summed E-state index contributed by atoms with van der Waals surface area (Å²) in [4.78, 5) is 43.7. The molecule has 4 rings (SSSR count). The second kappa shape index (κ2) is 16.2. The summed E-state index contributed by atoms with van der Waals surface area (Å²) in [5.41, 5.74) is 2.23. The first-order valence-electron chi connectivity index (χ1n) is 15.9. The molecule has 3 N–H and O–H groups in total. The molecule has 11 heteroatoms.